The summed E-state index contributed by atoms with van der Waals surface area (Å²) < 4.78 is 54.7. The number of nitrogens with one attached hydrogen (secondary N) is 1. The molecule has 1 aromatic rings. The lowest BCUT2D eigenvalue weighted by atomic mass is 10.1. The van der Waals surface area contributed by atoms with Crippen molar-refractivity contribution in [3.8, 4) is 5.75 Å². The summed E-state index contributed by atoms with van der Waals surface area (Å²) in [4.78, 5) is -0.148. The van der Waals surface area contributed by atoms with E-state index in [1.165, 1.54) is 0 Å². The van der Waals surface area contributed by atoms with Crippen LogP contribution in [-0.4, -0.2) is 33.3 Å². The minimum atomic E-state index is -3.80. The summed E-state index contributed by atoms with van der Waals surface area (Å²) in [6.07, 6.45) is 0.463. The molecule has 0 aromatic heterocycles. The maximum atomic E-state index is 12.1. The highest BCUT2D eigenvalue weighted by atomic mass is 35.5. The second-order valence-corrected chi connectivity index (χ2v) is 6.61. The van der Waals surface area contributed by atoms with Crippen molar-refractivity contribution in [1.82, 2.24) is 4.72 Å². The fourth-order valence-corrected chi connectivity index (χ4v) is 2.98. The van der Waals surface area contributed by atoms with Crippen molar-refractivity contribution in [2.24, 2.45) is 5.92 Å². The van der Waals surface area contributed by atoms with E-state index in [1.807, 2.05) is 0 Å². The van der Waals surface area contributed by atoms with Crippen molar-refractivity contribution in [2.75, 3.05) is 13.2 Å². The molecule has 0 bridgehead atoms. The van der Waals surface area contributed by atoms with E-state index in [4.69, 9.17) is 16.7 Å². The van der Waals surface area contributed by atoms with Gasteiger partial charge in [0.05, 0.1) is 9.92 Å². The van der Waals surface area contributed by atoms with Crippen molar-refractivity contribution in [3.63, 3.8) is 0 Å². The summed E-state index contributed by atoms with van der Waals surface area (Å²) in [7, 11) is -3.80. The molecule has 1 aromatic carbocycles. The maximum Gasteiger partial charge on any atom is 0.387 e. The average molecular weight is 344 g/mol. The van der Waals surface area contributed by atoms with E-state index >= 15 is 0 Å². The zero-order chi connectivity index (χ0) is 16.0. The van der Waals surface area contributed by atoms with Gasteiger partial charge in [0.25, 0.3) is 0 Å². The zero-order valence-electron chi connectivity index (χ0n) is 11.2. The molecule has 0 saturated carbocycles. The lowest BCUT2D eigenvalue weighted by Gasteiger charge is -2.13. The highest BCUT2D eigenvalue weighted by Gasteiger charge is 2.18. The molecular formula is C12H16ClF2NO4S. The van der Waals surface area contributed by atoms with Crippen LogP contribution in [0.4, 0.5) is 8.78 Å². The van der Waals surface area contributed by atoms with E-state index in [0.29, 0.717) is 6.42 Å². The Hall–Kier alpha value is -0.960. The van der Waals surface area contributed by atoms with Crippen LogP contribution in [0.25, 0.3) is 0 Å². The van der Waals surface area contributed by atoms with Crippen molar-refractivity contribution < 1.29 is 27.0 Å². The first-order chi connectivity index (χ1) is 9.76. The Labute approximate surface area is 126 Å². The lowest BCUT2D eigenvalue weighted by Crippen LogP contribution is -2.28. The largest absolute Gasteiger partial charge is 0.433 e. The highest BCUT2D eigenvalue weighted by molar-refractivity contribution is 7.89. The highest BCUT2D eigenvalue weighted by Crippen LogP contribution is 2.28. The summed E-state index contributed by atoms with van der Waals surface area (Å²) in [5.74, 6) is -0.332. The summed E-state index contributed by atoms with van der Waals surface area (Å²) in [5.41, 5.74) is 0. The Kier molecular flexibility index (Phi) is 6.79. The second kappa shape index (κ2) is 7.88. The Morgan fingerprint density at radius 1 is 1.43 bits per heavy atom. The number of hydrogen-bond donors (Lipinski definition) is 2. The Morgan fingerprint density at radius 3 is 2.62 bits per heavy atom. The molecular weight excluding hydrogens is 328 g/mol. The molecule has 1 rings (SSSR count). The maximum absolute atomic E-state index is 12.1. The van der Waals surface area contributed by atoms with Crippen LogP contribution in [0.2, 0.25) is 5.02 Å². The Bertz CT molecular complexity index is 568. The zero-order valence-corrected chi connectivity index (χ0v) is 12.8. The van der Waals surface area contributed by atoms with E-state index in [9.17, 15) is 17.2 Å². The van der Waals surface area contributed by atoms with Gasteiger partial charge in [0.1, 0.15) is 5.75 Å². The van der Waals surface area contributed by atoms with Crippen molar-refractivity contribution in [2.45, 2.75) is 24.9 Å². The molecule has 1 atom stereocenters. The fourth-order valence-electron chi connectivity index (χ4n) is 1.50. The summed E-state index contributed by atoms with van der Waals surface area (Å²) >= 11 is 5.71. The third-order valence-electron chi connectivity index (χ3n) is 2.67. The molecule has 0 heterocycles. The number of benzene rings is 1. The van der Waals surface area contributed by atoms with Crippen LogP contribution in [0.5, 0.6) is 5.75 Å². The SMILES string of the molecule is CC(CCO)CNS(=O)(=O)c1ccc(OC(F)F)c(Cl)c1. The molecule has 0 aliphatic carbocycles. The molecule has 0 aliphatic heterocycles. The summed E-state index contributed by atoms with van der Waals surface area (Å²) in [5, 5.41) is 8.53. The van der Waals surface area contributed by atoms with Crippen LogP contribution in [0.15, 0.2) is 23.1 Å². The molecule has 0 amide bonds. The lowest BCUT2D eigenvalue weighted by molar-refractivity contribution is -0.0498. The minimum absolute atomic E-state index is 0.0333. The van der Waals surface area contributed by atoms with E-state index in [-0.39, 0.29) is 34.7 Å². The molecule has 1 unspecified atom stereocenters. The first kappa shape index (κ1) is 18.1. The molecule has 120 valence electrons. The van der Waals surface area contributed by atoms with Crippen LogP contribution in [0, 0.1) is 5.92 Å². The van der Waals surface area contributed by atoms with E-state index in [1.54, 1.807) is 6.92 Å². The fraction of sp³-hybridized carbons (Fsp3) is 0.500. The van der Waals surface area contributed by atoms with Gasteiger partial charge in [0.2, 0.25) is 10.0 Å². The molecule has 5 nitrogen and oxygen atoms in total. The molecule has 0 radical (unpaired) electrons. The van der Waals surface area contributed by atoms with Crippen LogP contribution >= 0.6 is 11.6 Å². The number of aliphatic hydroxyl groups is 1. The third kappa shape index (κ3) is 5.74. The molecule has 0 spiro atoms. The van der Waals surface area contributed by atoms with Gasteiger partial charge >= 0.3 is 6.61 Å². The molecule has 0 saturated heterocycles. The Balaban J connectivity index is 2.82. The second-order valence-electron chi connectivity index (χ2n) is 4.44. The number of rotatable bonds is 8. The normalized spacial score (nSPS) is 13.4. The number of hydrogen-bond acceptors (Lipinski definition) is 4. The number of halogens is 3. The predicted molar refractivity (Wildman–Crippen MR) is 74.1 cm³/mol. The van der Waals surface area contributed by atoms with E-state index < -0.39 is 16.6 Å². The van der Waals surface area contributed by atoms with Gasteiger partial charge in [-0.05, 0) is 30.5 Å². The standard InChI is InChI=1S/C12H16ClF2NO4S/c1-8(4-5-17)7-16-21(18,19)9-2-3-11(10(13)6-9)20-12(14)15/h2-3,6,8,12,16-17H,4-5,7H2,1H3. The van der Waals surface area contributed by atoms with Crippen LogP contribution in [0.1, 0.15) is 13.3 Å². The quantitative estimate of drug-likeness (QED) is 0.759. The molecule has 0 aliphatic rings. The van der Waals surface area contributed by atoms with Crippen molar-refractivity contribution in [3.05, 3.63) is 23.2 Å². The van der Waals surface area contributed by atoms with Gasteiger partial charge in [-0.1, -0.05) is 18.5 Å². The van der Waals surface area contributed by atoms with Gasteiger partial charge < -0.3 is 9.84 Å². The summed E-state index contributed by atoms with van der Waals surface area (Å²) in [6, 6.07) is 3.24. The number of aliphatic hydroxyl groups excluding tert-OH is 1. The average Bonchev–Trinajstić information content (AvgIpc) is 2.39. The minimum Gasteiger partial charge on any atom is -0.433 e. The van der Waals surface area contributed by atoms with Gasteiger partial charge in [-0.2, -0.15) is 8.78 Å². The van der Waals surface area contributed by atoms with Crippen molar-refractivity contribution in [1.29, 1.82) is 0 Å². The van der Waals surface area contributed by atoms with Crippen LogP contribution in [0.3, 0.4) is 0 Å². The van der Waals surface area contributed by atoms with Gasteiger partial charge in [0.15, 0.2) is 0 Å². The molecule has 21 heavy (non-hydrogen) atoms. The summed E-state index contributed by atoms with van der Waals surface area (Å²) in [6.45, 7) is -1.14. The first-order valence-corrected chi connectivity index (χ1v) is 7.97. The van der Waals surface area contributed by atoms with Gasteiger partial charge in [0, 0.05) is 13.2 Å². The monoisotopic (exact) mass is 343 g/mol. The smallest absolute Gasteiger partial charge is 0.387 e. The molecule has 9 heteroatoms. The third-order valence-corrected chi connectivity index (χ3v) is 4.39. The van der Waals surface area contributed by atoms with Crippen molar-refractivity contribution >= 4 is 21.6 Å². The molecule has 2 N–H and O–H groups in total. The number of sulfonamides is 1. The van der Waals surface area contributed by atoms with Crippen LogP contribution in [-0.2, 0) is 10.0 Å². The van der Waals surface area contributed by atoms with Crippen LogP contribution < -0.4 is 9.46 Å². The number of ether oxygens (including phenoxy) is 1. The molecule has 0 fully saturated rings. The topological polar surface area (TPSA) is 75.6 Å². The van der Waals surface area contributed by atoms with E-state index in [2.05, 4.69) is 9.46 Å². The van der Waals surface area contributed by atoms with Gasteiger partial charge in [-0.25, -0.2) is 13.1 Å². The number of alkyl halides is 2. The van der Waals surface area contributed by atoms with E-state index in [0.717, 1.165) is 18.2 Å². The predicted octanol–water partition coefficient (Wildman–Crippen LogP) is 2.24. The van der Waals surface area contributed by atoms with Gasteiger partial charge in [-0.3, -0.25) is 0 Å². The Morgan fingerprint density at radius 2 is 2.10 bits per heavy atom. The first-order valence-electron chi connectivity index (χ1n) is 6.11. The van der Waals surface area contributed by atoms with Gasteiger partial charge in [-0.15, -0.1) is 0 Å².